The van der Waals surface area contributed by atoms with Gasteiger partial charge >= 0.3 is 0 Å². The maximum atomic E-state index is 11.7. The van der Waals surface area contributed by atoms with Crippen LogP contribution in [0.15, 0.2) is 24.3 Å². The van der Waals surface area contributed by atoms with E-state index in [0.717, 1.165) is 24.1 Å². The summed E-state index contributed by atoms with van der Waals surface area (Å²) in [6.45, 7) is 3.61. The molecule has 0 aliphatic heterocycles. The molecule has 1 amide bonds. The van der Waals surface area contributed by atoms with Crippen LogP contribution in [0.3, 0.4) is 0 Å². The van der Waals surface area contributed by atoms with Crippen LogP contribution in [0.1, 0.15) is 43.0 Å². The third-order valence-corrected chi connectivity index (χ3v) is 4.18. The van der Waals surface area contributed by atoms with E-state index in [2.05, 4.69) is 17.6 Å². The van der Waals surface area contributed by atoms with E-state index in [1.807, 2.05) is 24.3 Å². The molecule has 0 aromatic heterocycles. The molecule has 1 aliphatic carbocycles. The first-order valence-electron chi connectivity index (χ1n) is 7.92. The van der Waals surface area contributed by atoms with Crippen molar-refractivity contribution in [2.45, 2.75) is 32.6 Å². The Bertz CT molecular complexity index is 445. The lowest BCUT2D eigenvalue weighted by molar-refractivity contribution is 0.0945. The first-order valence-corrected chi connectivity index (χ1v) is 7.92. The van der Waals surface area contributed by atoms with Gasteiger partial charge in [-0.1, -0.05) is 19.8 Å². The highest BCUT2D eigenvalue weighted by Crippen LogP contribution is 2.28. The Kier molecular flexibility index (Phi) is 6.05. The number of carbonyl (C=O) groups excluding carboxylic acids is 1. The summed E-state index contributed by atoms with van der Waals surface area (Å²) < 4.78 is 0. The van der Waals surface area contributed by atoms with E-state index >= 15 is 0 Å². The Morgan fingerprint density at radius 2 is 2.05 bits per heavy atom. The summed E-state index contributed by atoms with van der Waals surface area (Å²) in [6, 6.07) is 7.53. The van der Waals surface area contributed by atoms with E-state index in [9.17, 15) is 4.79 Å². The van der Waals surface area contributed by atoms with Crippen LogP contribution in [0.2, 0.25) is 0 Å². The van der Waals surface area contributed by atoms with Gasteiger partial charge in [0.05, 0.1) is 6.61 Å². The molecule has 0 bridgehead atoms. The Hall–Kier alpha value is -1.55. The van der Waals surface area contributed by atoms with Gasteiger partial charge in [0.25, 0.3) is 5.91 Å². The molecule has 21 heavy (non-hydrogen) atoms. The van der Waals surface area contributed by atoms with Crippen molar-refractivity contribution in [1.82, 2.24) is 5.32 Å². The van der Waals surface area contributed by atoms with Gasteiger partial charge in [0, 0.05) is 24.3 Å². The standard InChI is InChI=1S/C17H26N2O2/c1-13-3-2-4-14(11-13)12-19-16-7-5-15(6-8-16)17(21)18-9-10-20/h5-8,13-14,19-20H,2-4,9-12H2,1H3,(H,18,21). The molecule has 1 fully saturated rings. The molecule has 2 unspecified atom stereocenters. The maximum absolute atomic E-state index is 11.7. The van der Waals surface area contributed by atoms with Gasteiger partial charge in [-0.25, -0.2) is 0 Å². The van der Waals surface area contributed by atoms with Crippen molar-refractivity contribution in [3.63, 3.8) is 0 Å². The maximum Gasteiger partial charge on any atom is 0.251 e. The fourth-order valence-electron chi connectivity index (χ4n) is 3.02. The zero-order valence-corrected chi connectivity index (χ0v) is 12.8. The number of aliphatic hydroxyl groups excluding tert-OH is 1. The highest BCUT2D eigenvalue weighted by atomic mass is 16.3. The molecule has 1 aliphatic rings. The Morgan fingerprint density at radius 3 is 2.71 bits per heavy atom. The number of benzene rings is 1. The molecular formula is C17H26N2O2. The summed E-state index contributed by atoms with van der Waals surface area (Å²) in [5, 5.41) is 14.8. The predicted octanol–water partition coefficient (Wildman–Crippen LogP) is 2.65. The van der Waals surface area contributed by atoms with Crippen LogP contribution in [0, 0.1) is 11.8 Å². The molecule has 1 saturated carbocycles. The minimum Gasteiger partial charge on any atom is -0.395 e. The number of rotatable bonds is 6. The monoisotopic (exact) mass is 290 g/mol. The van der Waals surface area contributed by atoms with Gasteiger partial charge < -0.3 is 15.7 Å². The average Bonchev–Trinajstić information content (AvgIpc) is 2.51. The Morgan fingerprint density at radius 1 is 1.29 bits per heavy atom. The summed E-state index contributed by atoms with van der Waals surface area (Å²) in [5.74, 6) is 1.47. The molecular weight excluding hydrogens is 264 g/mol. The van der Waals surface area contributed by atoms with Gasteiger partial charge in [0.2, 0.25) is 0 Å². The smallest absolute Gasteiger partial charge is 0.251 e. The molecule has 1 aromatic rings. The molecule has 4 heteroatoms. The third kappa shape index (κ3) is 5.05. The van der Waals surface area contributed by atoms with Crippen LogP contribution < -0.4 is 10.6 Å². The van der Waals surface area contributed by atoms with Crippen molar-refractivity contribution in [3.05, 3.63) is 29.8 Å². The average molecular weight is 290 g/mol. The van der Waals surface area contributed by atoms with Crippen molar-refractivity contribution in [2.75, 3.05) is 25.0 Å². The van der Waals surface area contributed by atoms with Gasteiger partial charge in [-0.15, -0.1) is 0 Å². The van der Waals surface area contributed by atoms with Crippen LogP contribution in [-0.4, -0.2) is 30.7 Å². The SMILES string of the molecule is CC1CCCC(CNc2ccc(C(=O)NCCO)cc2)C1. The van der Waals surface area contributed by atoms with Crippen LogP contribution in [0.25, 0.3) is 0 Å². The Labute approximate surface area is 126 Å². The number of nitrogens with one attached hydrogen (secondary N) is 2. The lowest BCUT2D eigenvalue weighted by atomic mass is 9.82. The van der Waals surface area contributed by atoms with Crippen molar-refractivity contribution in [3.8, 4) is 0 Å². The fourth-order valence-corrected chi connectivity index (χ4v) is 3.02. The number of hydrogen-bond donors (Lipinski definition) is 3. The number of hydrogen-bond acceptors (Lipinski definition) is 3. The molecule has 2 atom stereocenters. The molecule has 4 nitrogen and oxygen atoms in total. The first kappa shape index (κ1) is 15.8. The normalized spacial score (nSPS) is 21.8. The number of carbonyl (C=O) groups is 1. The highest BCUT2D eigenvalue weighted by molar-refractivity contribution is 5.94. The largest absolute Gasteiger partial charge is 0.395 e. The molecule has 1 aromatic carbocycles. The van der Waals surface area contributed by atoms with Crippen molar-refractivity contribution >= 4 is 11.6 Å². The van der Waals surface area contributed by atoms with Crippen LogP contribution in [0.5, 0.6) is 0 Å². The van der Waals surface area contributed by atoms with Gasteiger partial charge in [0.1, 0.15) is 0 Å². The fraction of sp³-hybridized carbons (Fsp3) is 0.588. The van der Waals surface area contributed by atoms with Gasteiger partial charge in [-0.05, 0) is 48.9 Å². The highest BCUT2D eigenvalue weighted by Gasteiger charge is 2.18. The number of anilines is 1. The minimum absolute atomic E-state index is 0.0365. The summed E-state index contributed by atoms with van der Waals surface area (Å²) >= 11 is 0. The molecule has 116 valence electrons. The second-order valence-corrected chi connectivity index (χ2v) is 6.08. The van der Waals surface area contributed by atoms with Gasteiger partial charge in [-0.2, -0.15) is 0 Å². The van der Waals surface area contributed by atoms with Crippen LogP contribution >= 0.6 is 0 Å². The quantitative estimate of drug-likeness (QED) is 0.755. The van der Waals surface area contributed by atoms with Crippen molar-refractivity contribution < 1.29 is 9.90 Å². The molecule has 0 saturated heterocycles. The third-order valence-electron chi connectivity index (χ3n) is 4.18. The Balaban J connectivity index is 1.80. The zero-order chi connectivity index (χ0) is 15.1. The number of aliphatic hydroxyl groups is 1. The van der Waals surface area contributed by atoms with Crippen LogP contribution in [-0.2, 0) is 0 Å². The minimum atomic E-state index is -0.142. The first-order chi connectivity index (χ1) is 10.2. The molecule has 0 spiro atoms. The van der Waals surface area contributed by atoms with Crippen LogP contribution in [0.4, 0.5) is 5.69 Å². The second-order valence-electron chi connectivity index (χ2n) is 6.08. The van der Waals surface area contributed by atoms with E-state index < -0.39 is 0 Å². The molecule has 3 N–H and O–H groups in total. The van der Waals surface area contributed by atoms with Crippen molar-refractivity contribution in [1.29, 1.82) is 0 Å². The van der Waals surface area contributed by atoms with Crippen molar-refractivity contribution in [2.24, 2.45) is 11.8 Å². The summed E-state index contributed by atoms with van der Waals surface area (Å²) in [4.78, 5) is 11.7. The summed E-state index contributed by atoms with van der Waals surface area (Å²) in [5.41, 5.74) is 1.69. The lowest BCUT2D eigenvalue weighted by Gasteiger charge is -2.27. The molecule has 0 radical (unpaired) electrons. The lowest BCUT2D eigenvalue weighted by Crippen LogP contribution is -2.26. The predicted molar refractivity (Wildman–Crippen MR) is 85.5 cm³/mol. The van der Waals surface area contributed by atoms with Gasteiger partial charge in [0.15, 0.2) is 0 Å². The second kappa shape index (κ2) is 8.03. The van der Waals surface area contributed by atoms with E-state index in [1.54, 1.807) is 0 Å². The van der Waals surface area contributed by atoms with E-state index in [-0.39, 0.29) is 12.5 Å². The van der Waals surface area contributed by atoms with E-state index in [0.29, 0.717) is 12.1 Å². The molecule has 0 heterocycles. The zero-order valence-electron chi connectivity index (χ0n) is 12.8. The summed E-state index contributed by atoms with van der Waals surface area (Å²) in [6.07, 6.45) is 5.35. The van der Waals surface area contributed by atoms with E-state index in [1.165, 1.54) is 25.7 Å². The topological polar surface area (TPSA) is 61.4 Å². The van der Waals surface area contributed by atoms with E-state index in [4.69, 9.17) is 5.11 Å². The summed E-state index contributed by atoms with van der Waals surface area (Å²) in [7, 11) is 0. The molecule has 2 rings (SSSR count). The number of amides is 1. The van der Waals surface area contributed by atoms with Gasteiger partial charge in [-0.3, -0.25) is 4.79 Å².